The predicted molar refractivity (Wildman–Crippen MR) is 89.3 cm³/mol. The summed E-state index contributed by atoms with van der Waals surface area (Å²) < 4.78 is 0. The van der Waals surface area contributed by atoms with Crippen LogP contribution in [0, 0.1) is 5.92 Å². The van der Waals surface area contributed by atoms with Crippen molar-refractivity contribution in [1.82, 2.24) is 20.2 Å². The monoisotopic (exact) mass is 324 g/mol. The number of nitrogens with one attached hydrogen (secondary N) is 1. The molecule has 0 radical (unpaired) electrons. The van der Waals surface area contributed by atoms with Crippen molar-refractivity contribution < 1.29 is 9.59 Å². The number of aromatic nitrogens is 2. The zero-order valence-corrected chi connectivity index (χ0v) is 13.4. The van der Waals surface area contributed by atoms with Crippen LogP contribution < -0.4 is 5.32 Å². The normalized spacial score (nSPS) is 20.8. The summed E-state index contributed by atoms with van der Waals surface area (Å²) in [7, 11) is 0. The highest BCUT2D eigenvalue weighted by Gasteiger charge is 2.32. The van der Waals surface area contributed by atoms with Crippen LogP contribution in [-0.4, -0.2) is 45.8 Å². The van der Waals surface area contributed by atoms with Crippen LogP contribution >= 0.6 is 0 Å². The lowest BCUT2D eigenvalue weighted by atomic mass is 9.97. The third-order valence-corrected chi connectivity index (χ3v) is 4.67. The second-order valence-corrected chi connectivity index (χ2v) is 6.62. The number of hydrogen-bond acceptors (Lipinski definition) is 4. The lowest BCUT2D eigenvalue weighted by molar-refractivity contribution is -0.126. The van der Waals surface area contributed by atoms with Crippen LogP contribution in [0.3, 0.4) is 0 Å². The molecule has 2 aromatic rings. The number of rotatable bonds is 3. The lowest BCUT2D eigenvalue weighted by Crippen LogP contribution is -2.46. The maximum Gasteiger partial charge on any atom is 0.274 e. The zero-order valence-electron chi connectivity index (χ0n) is 13.4. The summed E-state index contributed by atoms with van der Waals surface area (Å²) in [5, 5.41) is 3.04. The number of fused-ring (bicyclic) bond motifs is 1. The topological polar surface area (TPSA) is 75.2 Å². The fourth-order valence-electron chi connectivity index (χ4n) is 3.14. The number of piperidine rings is 1. The second kappa shape index (κ2) is 6.19. The molecule has 0 unspecified atom stereocenters. The van der Waals surface area contributed by atoms with E-state index >= 15 is 0 Å². The van der Waals surface area contributed by atoms with Crippen LogP contribution in [0.5, 0.6) is 0 Å². The van der Waals surface area contributed by atoms with Gasteiger partial charge in [0.2, 0.25) is 5.91 Å². The number of benzene rings is 1. The van der Waals surface area contributed by atoms with E-state index in [2.05, 4.69) is 15.3 Å². The molecule has 2 fully saturated rings. The molecule has 1 aromatic heterocycles. The third kappa shape index (κ3) is 3.09. The molecule has 4 rings (SSSR count). The van der Waals surface area contributed by atoms with Crippen molar-refractivity contribution in [2.75, 3.05) is 13.1 Å². The smallest absolute Gasteiger partial charge is 0.274 e. The van der Waals surface area contributed by atoms with Gasteiger partial charge in [0.1, 0.15) is 5.69 Å². The Labute approximate surface area is 140 Å². The van der Waals surface area contributed by atoms with Gasteiger partial charge in [0.15, 0.2) is 0 Å². The molecule has 1 saturated carbocycles. The van der Waals surface area contributed by atoms with Crippen molar-refractivity contribution >= 4 is 22.8 Å². The van der Waals surface area contributed by atoms with Crippen molar-refractivity contribution in [2.24, 2.45) is 5.92 Å². The first-order chi connectivity index (χ1) is 11.7. The van der Waals surface area contributed by atoms with Gasteiger partial charge in [-0.1, -0.05) is 12.1 Å². The molecule has 0 bridgehead atoms. The van der Waals surface area contributed by atoms with Crippen molar-refractivity contribution in [3.05, 3.63) is 36.2 Å². The zero-order chi connectivity index (χ0) is 16.5. The fourth-order valence-corrected chi connectivity index (χ4v) is 3.14. The van der Waals surface area contributed by atoms with Gasteiger partial charge in [-0.3, -0.25) is 14.6 Å². The van der Waals surface area contributed by atoms with Crippen LogP contribution in [-0.2, 0) is 4.79 Å². The van der Waals surface area contributed by atoms with Crippen LogP contribution in [0.1, 0.15) is 36.2 Å². The maximum atomic E-state index is 12.7. The van der Waals surface area contributed by atoms with Crippen LogP contribution in [0.4, 0.5) is 0 Å². The van der Waals surface area contributed by atoms with Crippen LogP contribution in [0.2, 0.25) is 0 Å². The molecule has 24 heavy (non-hydrogen) atoms. The van der Waals surface area contributed by atoms with E-state index in [1.165, 1.54) is 6.20 Å². The van der Waals surface area contributed by atoms with Crippen molar-refractivity contribution in [3.8, 4) is 0 Å². The molecule has 1 aliphatic heterocycles. The molecule has 1 aromatic carbocycles. The summed E-state index contributed by atoms with van der Waals surface area (Å²) >= 11 is 0. The Balaban J connectivity index is 1.48. The van der Waals surface area contributed by atoms with Gasteiger partial charge >= 0.3 is 0 Å². The standard InChI is InChI=1S/C18H20N4O2/c23-17(20-13-7-8-13)12-4-3-9-22(11-12)18(24)16-10-19-14-5-1-2-6-15(14)21-16/h1-2,5-6,10,12-13H,3-4,7-9,11H2,(H,20,23)/t12-/m0/s1. The van der Waals surface area contributed by atoms with Crippen molar-refractivity contribution in [1.29, 1.82) is 0 Å². The average Bonchev–Trinajstić information content (AvgIpc) is 3.44. The molecule has 2 amide bonds. The predicted octanol–water partition coefficient (Wildman–Crippen LogP) is 1.76. The molecule has 2 aliphatic rings. The number of amides is 2. The van der Waals surface area contributed by atoms with Gasteiger partial charge in [0.25, 0.3) is 5.91 Å². The molecule has 124 valence electrons. The number of carbonyl (C=O) groups excluding carboxylic acids is 2. The minimum absolute atomic E-state index is 0.0830. The Morgan fingerprint density at radius 3 is 2.71 bits per heavy atom. The Hall–Kier alpha value is -2.50. The van der Waals surface area contributed by atoms with Gasteiger partial charge in [-0.05, 0) is 37.8 Å². The first kappa shape index (κ1) is 15.1. The quantitative estimate of drug-likeness (QED) is 0.933. The average molecular weight is 324 g/mol. The van der Waals surface area contributed by atoms with E-state index in [9.17, 15) is 9.59 Å². The summed E-state index contributed by atoms with van der Waals surface area (Å²) in [6.45, 7) is 1.13. The van der Waals surface area contributed by atoms with Crippen LogP contribution in [0.25, 0.3) is 11.0 Å². The summed E-state index contributed by atoms with van der Waals surface area (Å²) in [5.74, 6) is -0.173. The molecule has 6 nitrogen and oxygen atoms in total. The Kier molecular flexibility index (Phi) is 3.88. The number of para-hydroxylation sites is 2. The number of hydrogen-bond donors (Lipinski definition) is 1. The molecule has 1 atom stereocenters. The summed E-state index contributed by atoms with van der Waals surface area (Å²) in [4.78, 5) is 35.5. The molecular formula is C18H20N4O2. The number of likely N-dealkylation sites (tertiary alicyclic amines) is 1. The molecular weight excluding hydrogens is 304 g/mol. The van der Waals surface area contributed by atoms with Crippen molar-refractivity contribution in [3.63, 3.8) is 0 Å². The minimum Gasteiger partial charge on any atom is -0.353 e. The molecule has 1 saturated heterocycles. The van der Waals surface area contributed by atoms with Gasteiger partial charge in [-0.2, -0.15) is 0 Å². The lowest BCUT2D eigenvalue weighted by Gasteiger charge is -2.31. The Morgan fingerprint density at radius 2 is 1.92 bits per heavy atom. The van der Waals surface area contributed by atoms with Gasteiger partial charge in [-0.15, -0.1) is 0 Å². The second-order valence-electron chi connectivity index (χ2n) is 6.62. The van der Waals surface area contributed by atoms with E-state index < -0.39 is 0 Å². The van der Waals surface area contributed by atoms with E-state index in [0.29, 0.717) is 30.3 Å². The van der Waals surface area contributed by atoms with E-state index in [4.69, 9.17) is 0 Å². The fraction of sp³-hybridized carbons (Fsp3) is 0.444. The third-order valence-electron chi connectivity index (χ3n) is 4.67. The number of nitrogens with zero attached hydrogens (tertiary/aromatic N) is 3. The van der Waals surface area contributed by atoms with E-state index in [1.54, 1.807) is 4.90 Å². The van der Waals surface area contributed by atoms with E-state index in [0.717, 1.165) is 31.2 Å². The van der Waals surface area contributed by atoms with Crippen LogP contribution in [0.15, 0.2) is 30.5 Å². The first-order valence-electron chi connectivity index (χ1n) is 8.52. The molecule has 6 heteroatoms. The largest absolute Gasteiger partial charge is 0.353 e. The van der Waals surface area contributed by atoms with E-state index in [1.807, 2.05) is 24.3 Å². The molecule has 1 aliphatic carbocycles. The highest BCUT2D eigenvalue weighted by atomic mass is 16.2. The highest BCUT2D eigenvalue weighted by molar-refractivity contribution is 5.94. The SMILES string of the molecule is O=C(NC1CC1)[C@H]1CCCN(C(=O)c2cnc3ccccc3n2)C1. The molecule has 0 spiro atoms. The highest BCUT2D eigenvalue weighted by Crippen LogP contribution is 2.23. The van der Waals surface area contributed by atoms with E-state index in [-0.39, 0.29) is 17.7 Å². The maximum absolute atomic E-state index is 12.7. The summed E-state index contributed by atoms with van der Waals surface area (Å²) in [6, 6.07) is 7.85. The number of carbonyl (C=O) groups is 2. The van der Waals surface area contributed by atoms with Gasteiger partial charge in [0, 0.05) is 19.1 Å². The summed E-state index contributed by atoms with van der Waals surface area (Å²) in [5.41, 5.74) is 1.83. The van der Waals surface area contributed by atoms with Gasteiger partial charge in [-0.25, -0.2) is 4.98 Å². The summed E-state index contributed by atoms with van der Waals surface area (Å²) in [6.07, 6.45) is 5.36. The minimum atomic E-state index is -0.142. The molecule has 2 heterocycles. The molecule has 1 N–H and O–H groups in total. The Morgan fingerprint density at radius 1 is 1.12 bits per heavy atom. The van der Waals surface area contributed by atoms with Gasteiger partial charge in [0.05, 0.1) is 23.1 Å². The van der Waals surface area contributed by atoms with Gasteiger partial charge < -0.3 is 10.2 Å². The Bertz CT molecular complexity index is 787. The first-order valence-corrected chi connectivity index (χ1v) is 8.52. The van der Waals surface area contributed by atoms with Crippen molar-refractivity contribution in [2.45, 2.75) is 31.7 Å².